The summed E-state index contributed by atoms with van der Waals surface area (Å²) in [7, 11) is 0. The number of aromatic nitrogens is 3. The first kappa shape index (κ1) is 17.2. The average molecular weight is 378 g/mol. The van der Waals surface area contributed by atoms with Crippen LogP contribution in [-0.2, 0) is 6.54 Å². The SMILES string of the molecule is Cc1cc(C)n(Cc2cccc(C(=O)Nc3nc(-c4ccco4)cs3)c2)n1. The van der Waals surface area contributed by atoms with Crippen molar-refractivity contribution in [2.75, 3.05) is 5.32 Å². The maximum atomic E-state index is 12.6. The molecule has 0 bridgehead atoms. The second-order valence-electron chi connectivity index (χ2n) is 6.25. The van der Waals surface area contributed by atoms with E-state index >= 15 is 0 Å². The Hall–Kier alpha value is -3.19. The molecule has 0 atom stereocenters. The normalized spacial score (nSPS) is 10.9. The number of nitrogens with zero attached hydrogens (tertiary/aromatic N) is 3. The molecule has 136 valence electrons. The lowest BCUT2D eigenvalue weighted by molar-refractivity contribution is 0.102. The molecule has 4 rings (SSSR count). The molecule has 1 aromatic carbocycles. The van der Waals surface area contributed by atoms with E-state index < -0.39 is 0 Å². The van der Waals surface area contributed by atoms with Crippen LogP contribution in [-0.4, -0.2) is 20.7 Å². The fraction of sp³-hybridized carbons (Fsp3) is 0.150. The van der Waals surface area contributed by atoms with Gasteiger partial charge in [-0.05, 0) is 49.7 Å². The molecule has 3 aromatic heterocycles. The van der Waals surface area contributed by atoms with Crippen LogP contribution in [0.3, 0.4) is 0 Å². The smallest absolute Gasteiger partial charge is 0.257 e. The van der Waals surface area contributed by atoms with Gasteiger partial charge in [-0.2, -0.15) is 5.10 Å². The Morgan fingerprint density at radius 1 is 1.22 bits per heavy atom. The molecule has 1 N–H and O–H groups in total. The summed E-state index contributed by atoms with van der Waals surface area (Å²) in [6.07, 6.45) is 1.60. The minimum absolute atomic E-state index is 0.189. The average Bonchev–Trinajstić information content (AvgIpc) is 3.37. The summed E-state index contributed by atoms with van der Waals surface area (Å²) in [6.45, 7) is 4.62. The highest BCUT2D eigenvalue weighted by molar-refractivity contribution is 7.14. The fourth-order valence-electron chi connectivity index (χ4n) is 2.86. The van der Waals surface area contributed by atoms with Crippen molar-refractivity contribution in [2.24, 2.45) is 0 Å². The van der Waals surface area contributed by atoms with Gasteiger partial charge in [0.15, 0.2) is 10.9 Å². The maximum absolute atomic E-state index is 12.6. The standard InChI is InChI=1S/C20H18N4O2S/c1-13-9-14(2)24(23-13)11-15-5-3-6-16(10-15)19(25)22-20-21-17(12-27-20)18-7-4-8-26-18/h3-10,12H,11H2,1-2H3,(H,21,22,25). The Morgan fingerprint density at radius 3 is 2.85 bits per heavy atom. The van der Waals surface area contributed by atoms with Gasteiger partial charge in [0.1, 0.15) is 5.69 Å². The van der Waals surface area contributed by atoms with E-state index in [9.17, 15) is 4.79 Å². The van der Waals surface area contributed by atoms with Crippen molar-refractivity contribution >= 4 is 22.4 Å². The van der Waals surface area contributed by atoms with Gasteiger partial charge in [0.2, 0.25) is 0 Å². The predicted molar refractivity (Wildman–Crippen MR) is 105 cm³/mol. The monoisotopic (exact) mass is 378 g/mol. The summed E-state index contributed by atoms with van der Waals surface area (Å²) in [5.74, 6) is 0.490. The highest BCUT2D eigenvalue weighted by atomic mass is 32.1. The molecule has 0 aliphatic carbocycles. The lowest BCUT2D eigenvalue weighted by Crippen LogP contribution is -2.12. The van der Waals surface area contributed by atoms with Crippen molar-refractivity contribution in [2.45, 2.75) is 20.4 Å². The van der Waals surface area contributed by atoms with E-state index in [1.807, 2.05) is 54.2 Å². The van der Waals surface area contributed by atoms with Crippen molar-refractivity contribution in [1.82, 2.24) is 14.8 Å². The number of hydrogen-bond acceptors (Lipinski definition) is 5. The summed E-state index contributed by atoms with van der Waals surface area (Å²) < 4.78 is 7.26. The van der Waals surface area contributed by atoms with Gasteiger partial charge >= 0.3 is 0 Å². The molecule has 4 aromatic rings. The van der Waals surface area contributed by atoms with Crippen LogP contribution in [0, 0.1) is 13.8 Å². The number of carbonyl (C=O) groups excluding carboxylic acids is 1. The van der Waals surface area contributed by atoms with Gasteiger partial charge in [-0.25, -0.2) is 4.98 Å². The summed E-state index contributed by atoms with van der Waals surface area (Å²) in [6, 6.07) is 13.2. The van der Waals surface area contributed by atoms with Crippen LogP contribution in [0.2, 0.25) is 0 Å². The first-order chi connectivity index (χ1) is 13.1. The summed E-state index contributed by atoms with van der Waals surface area (Å²) in [5, 5.41) is 9.72. The minimum atomic E-state index is -0.189. The number of nitrogens with one attached hydrogen (secondary N) is 1. The summed E-state index contributed by atoms with van der Waals surface area (Å²) in [4.78, 5) is 17.0. The van der Waals surface area contributed by atoms with Crippen molar-refractivity contribution in [1.29, 1.82) is 0 Å². The lowest BCUT2D eigenvalue weighted by atomic mass is 10.1. The molecule has 0 spiro atoms. The summed E-state index contributed by atoms with van der Waals surface area (Å²) >= 11 is 1.37. The van der Waals surface area contributed by atoms with Crippen LogP contribution in [0.1, 0.15) is 27.3 Å². The number of rotatable bonds is 5. The number of benzene rings is 1. The molecule has 0 radical (unpaired) electrons. The number of thiazole rings is 1. The van der Waals surface area contributed by atoms with Gasteiger partial charge in [-0.3, -0.25) is 14.8 Å². The summed E-state index contributed by atoms with van der Waals surface area (Å²) in [5.41, 5.74) is 4.39. The minimum Gasteiger partial charge on any atom is -0.463 e. The Balaban J connectivity index is 1.48. The zero-order chi connectivity index (χ0) is 18.8. The Morgan fingerprint density at radius 2 is 2.11 bits per heavy atom. The fourth-order valence-corrected chi connectivity index (χ4v) is 3.55. The number of amides is 1. The van der Waals surface area contributed by atoms with E-state index in [1.165, 1.54) is 11.3 Å². The number of carbonyl (C=O) groups is 1. The largest absolute Gasteiger partial charge is 0.463 e. The number of aryl methyl sites for hydroxylation is 2. The van der Waals surface area contributed by atoms with E-state index in [4.69, 9.17) is 4.42 Å². The van der Waals surface area contributed by atoms with Crippen molar-refractivity contribution in [3.8, 4) is 11.5 Å². The van der Waals surface area contributed by atoms with Crippen molar-refractivity contribution in [3.05, 3.63) is 76.6 Å². The molecule has 0 saturated carbocycles. The van der Waals surface area contributed by atoms with E-state index in [-0.39, 0.29) is 5.91 Å². The third-order valence-corrected chi connectivity index (χ3v) is 4.88. The Bertz CT molecular complexity index is 1080. The van der Waals surface area contributed by atoms with Crippen LogP contribution < -0.4 is 5.32 Å². The van der Waals surface area contributed by atoms with Crippen molar-refractivity contribution < 1.29 is 9.21 Å². The van der Waals surface area contributed by atoms with Gasteiger partial charge in [0, 0.05) is 16.6 Å². The first-order valence-electron chi connectivity index (χ1n) is 8.49. The Labute approximate surface area is 160 Å². The molecule has 0 unspecified atom stereocenters. The number of hydrogen-bond donors (Lipinski definition) is 1. The van der Waals surface area contributed by atoms with E-state index in [2.05, 4.69) is 15.4 Å². The van der Waals surface area contributed by atoms with Gasteiger partial charge in [0.05, 0.1) is 18.5 Å². The van der Waals surface area contributed by atoms with Gasteiger partial charge in [-0.1, -0.05) is 12.1 Å². The second-order valence-corrected chi connectivity index (χ2v) is 7.11. The third-order valence-electron chi connectivity index (χ3n) is 4.12. The quantitative estimate of drug-likeness (QED) is 0.554. The lowest BCUT2D eigenvalue weighted by Gasteiger charge is -2.07. The molecule has 3 heterocycles. The maximum Gasteiger partial charge on any atom is 0.257 e. The molecule has 27 heavy (non-hydrogen) atoms. The van der Waals surface area contributed by atoms with Gasteiger partial charge in [-0.15, -0.1) is 11.3 Å². The third kappa shape index (κ3) is 3.83. The van der Waals surface area contributed by atoms with Crippen LogP contribution in [0.25, 0.3) is 11.5 Å². The van der Waals surface area contributed by atoms with Gasteiger partial charge in [0.25, 0.3) is 5.91 Å². The first-order valence-corrected chi connectivity index (χ1v) is 9.37. The van der Waals surface area contributed by atoms with Gasteiger partial charge < -0.3 is 4.42 Å². The zero-order valence-corrected chi connectivity index (χ0v) is 15.8. The molecule has 0 fully saturated rings. The molecular weight excluding hydrogens is 360 g/mol. The van der Waals surface area contributed by atoms with Crippen LogP contribution in [0.4, 0.5) is 5.13 Å². The molecule has 0 aliphatic heterocycles. The highest BCUT2D eigenvalue weighted by Crippen LogP contribution is 2.25. The molecular formula is C20H18N4O2S. The number of anilines is 1. The molecule has 6 nitrogen and oxygen atoms in total. The highest BCUT2D eigenvalue weighted by Gasteiger charge is 2.12. The molecule has 0 saturated heterocycles. The van der Waals surface area contributed by atoms with E-state index in [1.54, 1.807) is 18.4 Å². The second kappa shape index (κ2) is 7.20. The molecule has 1 amide bonds. The number of furan rings is 1. The van der Waals surface area contributed by atoms with Crippen LogP contribution in [0.15, 0.2) is 58.5 Å². The van der Waals surface area contributed by atoms with E-state index in [0.29, 0.717) is 28.7 Å². The van der Waals surface area contributed by atoms with Crippen LogP contribution in [0.5, 0.6) is 0 Å². The Kier molecular flexibility index (Phi) is 4.60. The van der Waals surface area contributed by atoms with Crippen LogP contribution >= 0.6 is 11.3 Å². The predicted octanol–water partition coefficient (Wildman–Crippen LogP) is 4.52. The molecule has 7 heteroatoms. The molecule has 0 aliphatic rings. The van der Waals surface area contributed by atoms with E-state index in [0.717, 1.165) is 17.0 Å². The zero-order valence-electron chi connectivity index (χ0n) is 15.0. The van der Waals surface area contributed by atoms with Crippen molar-refractivity contribution in [3.63, 3.8) is 0 Å². The topological polar surface area (TPSA) is 73.0 Å².